The zero-order chi connectivity index (χ0) is 16.1. The fourth-order valence-corrected chi connectivity index (χ4v) is 3.39. The Morgan fingerprint density at radius 2 is 1.91 bits per heavy atom. The van der Waals surface area contributed by atoms with Crippen molar-refractivity contribution >= 4 is 17.3 Å². The van der Waals surface area contributed by atoms with E-state index >= 15 is 0 Å². The number of likely N-dealkylation sites (N-methyl/N-ethyl adjacent to an activating group) is 1. The molecule has 1 aromatic carbocycles. The quantitative estimate of drug-likeness (QED) is 0.848. The average Bonchev–Trinajstić information content (AvgIpc) is 3.08. The molecule has 23 heavy (non-hydrogen) atoms. The summed E-state index contributed by atoms with van der Waals surface area (Å²) in [6.07, 6.45) is 7.15. The molecule has 2 aliphatic rings. The Hall–Kier alpha value is -1.81. The van der Waals surface area contributed by atoms with Crippen LogP contribution in [0.3, 0.4) is 0 Å². The molecule has 1 aliphatic heterocycles. The van der Waals surface area contributed by atoms with E-state index in [9.17, 15) is 4.79 Å². The van der Waals surface area contributed by atoms with Gasteiger partial charge >= 0.3 is 0 Å². The predicted molar refractivity (Wildman–Crippen MR) is 95.9 cm³/mol. The van der Waals surface area contributed by atoms with Gasteiger partial charge in [0.1, 0.15) is 0 Å². The predicted octanol–water partition coefficient (Wildman–Crippen LogP) is 3.12. The highest BCUT2D eigenvalue weighted by atomic mass is 16.1. The fraction of sp³-hybridized carbons (Fsp3) is 0.526. The van der Waals surface area contributed by atoms with Gasteiger partial charge in [0.2, 0.25) is 5.91 Å². The summed E-state index contributed by atoms with van der Waals surface area (Å²) in [6, 6.07) is 8.27. The lowest BCUT2D eigenvalue weighted by molar-refractivity contribution is -0.116. The van der Waals surface area contributed by atoms with E-state index < -0.39 is 0 Å². The van der Waals surface area contributed by atoms with E-state index in [1.54, 1.807) is 0 Å². The maximum Gasteiger partial charge on any atom is 0.224 e. The van der Waals surface area contributed by atoms with Crippen molar-refractivity contribution in [1.82, 2.24) is 4.90 Å². The Morgan fingerprint density at radius 3 is 2.52 bits per heavy atom. The highest BCUT2D eigenvalue weighted by Crippen LogP contribution is 2.22. The molecular weight excluding hydrogens is 286 g/mol. The molecule has 0 aromatic heterocycles. The number of hydrogen-bond donors (Lipinski definition) is 1. The minimum absolute atomic E-state index is 0.117. The topological polar surface area (TPSA) is 35.6 Å². The number of anilines is 2. The molecule has 1 fully saturated rings. The van der Waals surface area contributed by atoms with Crippen molar-refractivity contribution < 1.29 is 4.79 Å². The van der Waals surface area contributed by atoms with E-state index in [-0.39, 0.29) is 5.91 Å². The van der Waals surface area contributed by atoms with Gasteiger partial charge in [-0.3, -0.25) is 4.79 Å². The molecule has 1 aromatic rings. The van der Waals surface area contributed by atoms with E-state index in [4.69, 9.17) is 0 Å². The Balaban J connectivity index is 1.50. The van der Waals surface area contributed by atoms with Gasteiger partial charge in [0, 0.05) is 44.0 Å². The highest BCUT2D eigenvalue weighted by molar-refractivity contribution is 5.91. The molecule has 1 saturated heterocycles. The van der Waals surface area contributed by atoms with Crippen molar-refractivity contribution in [3.63, 3.8) is 0 Å². The van der Waals surface area contributed by atoms with Gasteiger partial charge in [-0.05, 0) is 49.6 Å². The maximum absolute atomic E-state index is 12.1. The molecule has 0 radical (unpaired) electrons. The molecule has 1 atom stereocenters. The van der Waals surface area contributed by atoms with Crippen molar-refractivity contribution in [1.29, 1.82) is 0 Å². The van der Waals surface area contributed by atoms with Crippen LogP contribution >= 0.6 is 0 Å². The summed E-state index contributed by atoms with van der Waals surface area (Å²) in [4.78, 5) is 17.0. The number of allylic oxidation sites excluding steroid dienone is 2. The van der Waals surface area contributed by atoms with Crippen molar-refractivity contribution in [2.75, 3.05) is 42.9 Å². The summed E-state index contributed by atoms with van der Waals surface area (Å²) in [5, 5.41) is 3.02. The highest BCUT2D eigenvalue weighted by Gasteiger charge is 2.16. The molecule has 4 heteroatoms. The third kappa shape index (κ3) is 4.35. The fourth-order valence-electron chi connectivity index (χ4n) is 3.39. The average molecular weight is 313 g/mol. The van der Waals surface area contributed by atoms with Crippen molar-refractivity contribution in [3.8, 4) is 0 Å². The van der Waals surface area contributed by atoms with Gasteiger partial charge in [0.25, 0.3) is 0 Å². The van der Waals surface area contributed by atoms with Crippen LogP contribution in [0.2, 0.25) is 0 Å². The number of piperazine rings is 1. The zero-order valence-corrected chi connectivity index (χ0v) is 14.0. The van der Waals surface area contributed by atoms with Gasteiger partial charge < -0.3 is 15.1 Å². The lowest BCUT2D eigenvalue weighted by Crippen LogP contribution is -2.46. The van der Waals surface area contributed by atoms with E-state index in [1.807, 2.05) is 12.1 Å². The standard InChI is InChI=1S/C19H27N3O/c1-2-21-11-13-22(14-12-21)18-9-7-17(8-10-18)20-19(23)15-16-5-3-4-6-16/h3,5,7-10,16H,2,4,6,11-15H2,1H3,(H,20,23)/t16-/m0/s1. The summed E-state index contributed by atoms with van der Waals surface area (Å²) in [5.74, 6) is 0.537. The van der Waals surface area contributed by atoms with Gasteiger partial charge in [-0.2, -0.15) is 0 Å². The molecule has 1 heterocycles. The number of nitrogens with zero attached hydrogens (tertiary/aromatic N) is 2. The zero-order valence-electron chi connectivity index (χ0n) is 14.0. The first-order chi connectivity index (χ1) is 11.2. The first kappa shape index (κ1) is 16.1. The Labute approximate surface area is 139 Å². The Kier molecular flexibility index (Phi) is 5.34. The third-order valence-electron chi connectivity index (χ3n) is 4.90. The molecule has 1 amide bonds. The van der Waals surface area contributed by atoms with Gasteiger partial charge in [0.05, 0.1) is 0 Å². The van der Waals surface area contributed by atoms with Gasteiger partial charge in [-0.15, -0.1) is 0 Å². The number of nitrogens with one attached hydrogen (secondary N) is 1. The molecule has 1 aliphatic carbocycles. The summed E-state index contributed by atoms with van der Waals surface area (Å²) < 4.78 is 0. The number of carbonyl (C=O) groups is 1. The Morgan fingerprint density at radius 1 is 1.17 bits per heavy atom. The Bertz CT molecular complexity index is 544. The monoisotopic (exact) mass is 313 g/mol. The van der Waals surface area contributed by atoms with Crippen LogP contribution in [0.15, 0.2) is 36.4 Å². The van der Waals surface area contributed by atoms with E-state index in [2.05, 4.69) is 46.3 Å². The molecule has 1 N–H and O–H groups in total. The van der Waals surface area contributed by atoms with Crippen molar-refractivity contribution in [2.45, 2.75) is 26.2 Å². The van der Waals surface area contributed by atoms with Crippen LogP contribution in [0, 0.1) is 5.92 Å². The molecule has 3 rings (SSSR count). The van der Waals surface area contributed by atoms with Crippen molar-refractivity contribution in [2.24, 2.45) is 5.92 Å². The van der Waals surface area contributed by atoms with Crippen molar-refractivity contribution in [3.05, 3.63) is 36.4 Å². The number of rotatable bonds is 5. The van der Waals surface area contributed by atoms with E-state index in [1.165, 1.54) is 5.69 Å². The SMILES string of the molecule is CCN1CCN(c2ccc(NC(=O)C[C@H]3C=CCC3)cc2)CC1. The first-order valence-corrected chi connectivity index (χ1v) is 8.78. The van der Waals surface area contributed by atoms with Crippen LogP contribution in [0.1, 0.15) is 26.2 Å². The maximum atomic E-state index is 12.1. The summed E-state index contributed by atoms with van der Waals surface area (Å²) in [7, 11) is 0. The second kappa shape index (κ2) is 7.64. The van der Waals surface area contributed by atoms with E-state index in [0.29, 0.717) is 12.3 Å². The summed E-state index contributed by atoms with van der Waals surface area (Å²) in [6.45, 7) is 7.76. The molecule has 124 valence electrons. The van der Waals surface area contributed by atoms with Crippen LogP contribution in [-0.2, 0) is 4.79 Å². The molecule has 0 bridgehead atoms. The number of hydrogen-bond acceptors (Lipinski definition) is 3. The van der Waals surface area contributed by atoms with Crippen LogP contribution in [0.5, 0.6) is 0 Å². The summed E-state index contributed by atoms with van der Waals surface area (Å²) in [5.41, 5.74) is 2.14. The van der Waals surface area contributed by atoms with Crippen LogP contribution in [0.4, 0.5) is 11.4 Å². The minimum Gasteiger partial charge on any atom is -0.369 e. The second-order valence-corrected chi connectivity index (χ2v) is 6.49. The smallest absolute Gasteiger partial charge is 0.224 e. The van der Waals surface area contributed by atoms with Gasteiger partial charge in [-0.1, -0.05) is 19.1 Å². The molecule has 0 spiro atoms. The van der Waals surface area contributed by atoms with Gasteiger partial charge in [0.15, 0.2) is 0 Å². The molecule has 0 unspecified atom stereocenters. The summed E-state index contributed by atoms with van der Waals surface area (Å²) >= 11 is 0. The molecular formula is C19H27N3O. The van der Waals surface area contributed by atoms with Crippen LogP contribution < -0.4 is 10.2 Å². The van der Waals surface area contributed by atoms with Gasteiger partial charge in [-0.25, -0.2) is 0 Å². The lowest BCUT2D eigenvalue weighted by Gasteiger charge is -2.35. The van der Waals surface area contributed by atoms with Crippen LogP contribution in [-0.4, -0.2) is 43.5 Å². The van der Waals surface area contributed by atoms with Crippen LogP contribution in [0.25, 0.3) is 0 Å². The number of carbonyl (C=O) groups excluding carboxylic acids is 1. The second-order valence-electron chi connectivity index (χ2n) is 6.49. The molecule has 0 saturated carbocycles. The lowest BCUT2D eigenvalue weighted by atomic mass is 10.1. The first-order valence-electron chi connectivity index (χ1n) is 8.78. The van der Waals surface area contributed by atoms with E-state index in [0.717, 1.165) is 51.3 Å². The largest absolute Gasteiger partial charge is 0.369 e. The normalized spacial score (nSPS) is 21.6. The number of benzene rings is 1. The number of amides is 1. The minimum atomic E-state index is 0.117. The third-order valence-corrected chi connectivity index (χ3v) is 4.90. The molecule has 4 nitrogen and oxygen atoms in total.